The Bertz CT molecular complexity index is 428. The molecule has 112 valence electrons. The molecule has 1 aliphatic heterocycles. The molecule has 0 aliphatic carbocycles. The molecular weight excluding hydrogens is 316 g/mol. The molecule has 3 unspecified atom stereocenters. The number of aliphatic hydroxyl groups excluding tert-OH is 1. The molecule has 0 saturated carbocycles. The lowest BCUT2D eigenvalue weighted by Crippen LogP contribution is -2.45. The number of hydrogen-bond acceptors (Lipinski definition) is 3. The van der Waals surface area contributed by atoms with Gasteiger partial charge in [-0.15, -0.1) is 0 Å². The Hall–Kier alpha value is -0.420. The largest absolute Gasteiger partial charge is 0.393 e. The Balaban J connectivity index is 2.11. The van der Waals surface area contributed by atoms with Gasteiger partial charge in [0.15, 0.2) is 0 Å². The van der Waals surface area contributed by atoms with E-state index >= 15 is 0 Å². The van der Waals surface area contributed by atoms with Crippen LogP contribution in [0.15, 0.2) is 28.7 Å². The summed E-state index contributed by atoms with van der Waals surface area (Å²) in [6.07, 6.45) is 1.90. The first-order valence-electron chi connectivity index (χ1n) is 7.42. The molecule has 3 atom stereocenters. The van der Waals surface area contributed by atoms with Crippen molar-refractivity contribution >= 4 is 15.9 Å². The Morgan fingerprint density at radius 1 is 1.30 bits per heavy atom. The minimum absolute atomic E-state index is 0.0902. The SMILES string of the molecule is CC(N)C(c1cccc(Br)c1)N1CCC(C(C)O)CC1. The van der Waals surface area contributed by atoms with E-state index in [0.29, 0.717) is 5.92 Å². The van der Waals surface area contributed by atoms with Crippen molar-refractivity contribution in [2.45, 2.75) is 44.9 Å². The Kier molecular flexibility index (Phi) is 5.61. The van der Waals surface area contributed by atoms with Gasteiger partial charge in [-0.05, 0) is 63.4 Å². The van der Waals surface area contributed by atoms with Crippen LogP contribution >= 0.6 is 15.9 Å². The van der Waals surface area contributed by atoms with Crippen molar-refractivity contribution in [1.82, 2.24) is 4.90 Å². The normalized spacial score (nSPS) is 22.4. The standard InChI is InChI=1S/C16H25BrN2O/c1-11(18)16(14-4-3-5-15(17)10-14)19-8-6-13(7-9-19)12(2)20/h3-5,10-13,16,20H,6-9,18H2,1-2H3. The van der Waals surface area contributed by atoms with Crippen LogP contribution in [0.4, 0.5) is 0 Å². The maximum atomic E-state index is 9.72. The van der Waals surface area contributed by atoms with Crippen molar-refractivity contribution in [1.29, 1.82) is 0 Å². The van der Waals surface area contributed by atoms with Crippen LogP contribution < -0.4 is 5.73 Å². The van der Waals surface area contributed by atoms with E-state index in [1.165, 1.54) is 5.56 Å². The molecular formula is C16H25BrN2O. The maximum absolute atomic E-state index is 9.72. The van der Waals surface area contributed by atoms with E-state index in [1.807, 2.05) is 13.0 Å². The third kappa shape index (κ3) is 3.82. The molecule has 20 heavy (non-hydrogen) atoms. The summed E-state index contributed by atoms with van der Waals surface area (Å²) in [4.78, 5) is 2.46. The summed E-state index contributed by atoms with van der Waals surface area (Å²) in [5.74, 6) is 0.433. The first-order chi connectivity index (χ1) is 9.49. The lowest BCUT2D eigenvalue weighted by atomic mass is 9.89. The van der Waals surface area contributed by atoms with Crippen molar-refractivity contribution in [3.05, 3.63) is 34.3 Å². The summed E-state index contributed by atoms with van der Waals surface area (Å²) in [6.45, 7) is 5.99. The highest BCUT2D eigenvalue weighted by atomic mass is 79.9. The first kappa shape index (κ1) is 16.0. The summed E-state index contributed by atoms with van der Waals surface area (Å²) in [5, 5.41) is 9.72. The quantitative estimate of drug-likeness (QED) is 0.885. The molecule has 0 amide bonds. The highest BCUT2D eigenvalue weighted by molar-refractivity contribution is 9.10. The summed E-state index contributed by atoms with van der Waals surface area (Å²) >= 11 is 3.54. The van der Waals surface area contributed by atoms with E-state index in [4.69, 9.17) is 5.73 Å². The van der Waals surface area contributed by atoms with Gasteiger partial charge in [-0.1, -0.05) is 28.1 Å². The average Bonchev–Trinajstić information content (AvgIpc) is 2.39. The molecule has 1 aromatic rings. The second-order valence-corrected chi connectivity index (χ2v) is 6.89. The zero-order chi connectivity index (χ0) is 14.7. The van der Waals surface area contributed by atoms with Crippen LogP contribution in [-0.2, 0) is 0 Å². The van der Waals surface area contributed by atoms with Gasteiger partial charge in [-0.25, -0.2) is 0 Å². The number of rotatable bonds is 4. The fourth-order valence-corrected chi connectivity index (χ4v) is 3.63. The van der Waals surface area contributed by atoms with Gasteiger partial charge in [0.25, 0.3) is 0 Å². The number of nitrogens with zero attached hydrogens (tertiary/aromatic N) is 1. The second-order valence-electron chi connectivity index (χ2n) is 5.97. The molecule has 0 radical (unpaired) electrons. The third-order valence-electron chi connectivity index (χ3n) is 4.34. The van der Waals surface area contributed by atoms with Crippen molar-refractivity contribution in [3.8, 4) is 0 Å². The molecule has 1 aromatic carbocycles. The Morgan fingerprint density at radius 2 is 1.95 bits per heavy atom. The van der Waals surface area contributed by atoms with Crippen molar-refractivity contribution in [2.24, 2.45) is 11.7 Å². The highest BCUT2D eigenvalue weighted by Gasteiger charge is 2.29. The van der Waals surface area contributed by atoms with Crippen LogP contribution in [0.1, 0.15) is 38.3 Å². The summed E-state index contributed by atoms with van der Waals surface area (Å²) in [7, 11) is 0. The molecule has 3 nitrogen and oxygen atoms in total. The zero-order valence-corrected chi connectivity index (χ0v) is 13.9. The van der Waals surface area contributed by atoms with Gasteiger partial charge in [0, 0.05) is 16.6 Å². The van der Waals surface area contributed by atoms with E-state index in [0.717, 1.165) is 30.4 Å². The van der Waals surface area contributed by atoms with Gasteiger partial charge in [0.1, 0.15) is 0 Å². The minimum atomic E-state index is -0.197. The van der Waals surface area contributed by atoms with Gasteiger partial charge in [-0.2, -0.15) is 0 Å². The number of piperidine rings is 1. The second kappa shape index (κ2) is 7.03. The van der Waals surface area contributed by atoms with Crippen LogP contribution in [0.25, 0.3) is 0 Å². The van der Waals surface area contributed by atoms with E-state index in [1.54, 1.807) is 0 Å². The third-order valence-corrected chi connectivity index (χ3v) is 4.83. The predicted molar refractivity (Wildman–Crippen MR) is 86.5 cm³/mol. The number of likely N-dealkylation sites (tertiary alicyclic amines) is 1. The summed E-state index contributed by atoms with van der Waals surface area (Å²) in [6, 6.07) is 8.77. The van der Waals surface area contributed by atoms with Crippen LogP contribution in [0.3, 0.4) is 0 Å². The number of nitrogens with two attached hydrogens (primary N) is 1. The topological polar surface area (TPSA) is 49.5 Å². The fourth-order valence-electron chi connectivity index (χ4n) is 3.22. The van der Waals surface area contributed by atoms with Gasteiger partial charge < -0.3 is 10.8 Å². The van der Waals surface area contributed by atoms with Crippen LogP contribution in [0, 0.1) is 5.92 Å². The predicted octanol–water partition coefficient (Wildman–Crippen LogP) is 2.93. The van der Waals surface area contributed by atoms with E-state index in [-0.39, 0.29) is 18.2 Å². The van der Waals surface area contributed by atoms with Gasteiger partial charge in [0.2, 0.25) is 0 Å². The number of halogens is 1. The van der Waals surface area contributed by atoms with E-state index < -0.39 is 0 Å². The lowest BCUT2D eigenvalue weighted by Gasteiger charge is -2.40. The van der Waals surface area contributed by atoms with E-state index in [9.17, 15) is 5.11 Å². The van der Waals surface area contributed by atoms with Crippen molar-refractivity contribution in [2.75, 3.05) is 13.1 Å². The van der Waals surface area contributed by atoms with Crippen molar-refractivity contribution in [3.63, 3.8) is 0 Å². The monoisotopic (exact) mass is 340 g/mol. The molecule has 4 heteroatoms. The van der Waals surface area contributed by atoms with Crippen LogP contribution in [0.5, 0.6) is 0 Å². The Labute approximate surface area is 130 Å². The number of hydrogen-bond donors (Lipinski definition) is 2. The molecule has 1 heterocycles. The van der Waals surface area contributed by atoms with Crippen molar-refractivity contribution < 1.29 is 5.11 Å². The molecule has 2 rings (SSSR count). The highest BCUT2D eigenvalue weighted by Crippen LogP contribution is 2.31. The molecule has 1 fully saturated rings. The molecule has 1 aliphatic rings. The zero-order valence-electron chi connectivity index (χ0n) is 12.3. The van der Waals surface area contributed by atoms with Crippen LogP contribution in [0.2, 0.25) is 0 Å². The molecule has 1 saturated heterocycles. The molecule has 0 bridgehead atoms. The molecule has 0 aromatic heterocycles. The molecule has 3 N–H and O–H groups in total. The lowest BCUT2D eigenvalue weighted by molar-refractivity contribution is 0.0511. The van der Waals surface area contributed by atoms with Crippen LogP contribution in [-0.4, -0.2) is 35.2 Å². The maximum Gasteiger partial charge on any atom is 0.0541 e. The van der Waals surface area contributed by atoms with E-state index in [2.05, 4.69) is 46.0 Å². The van der Waals surface area contributed by atoms with Gasteiger partial charge in [-0.3, -0.25) is 4.90 Å². The number of aliphatic hydroxyl groups is 1. The number of benzene rings is 1. The molecule has 0 spiro atoms. The summed E-state index contributed by atoms with van der Waals surface area (Å²) < 4.78 is 1.10. The minimum Gasteiger partial charge on any atom is -0.393 e. The van der Waals surface area contributed by atoms with Gasteiger partial charge in [0.05, 0.1) is 6.10 Å². The fraction of sp³-hybridized carbons (Fsp3) is 0.625. The Morgan fingerprint density at radius 3 is 2.45 bits per heavy atom. The smallest absolute Gasteiger partial charge is 0.0541 e. The van der Waals surface area contributed by atoms with Gasteiger partial charge >= 0.3 is 0 Å². The average molecular weight is 341 g/mol. The summed E-state index contributed by atoms with van der Waals surface area (Å²) in [5.41, 5.74) is 7.51. The first-order valence-corrected chi connectivity index (χ1v) is 8.21.